The molecule has 2 atom stereocenters. The first-order chi connectivity index (χ1) is 16.0. The van der Waals surface area contributed by atoms with Gasteiger partial charge in [-0.3, -0.25) is 9.69 Å². The molecule has 178 valence electrons. The summed E-state index contributed by atoms with van der Waals surface area (Å²) in [5.41, 5.74) is 6.54. The Kier molecular flexibility index (Phi) is 7.52. The number of fused-ring (bicyclic) bond motifs is 2. The molecule has 4 rings (SSSR count). The minimum atomic E-state index is -0.114. The molecule has 0 radical (unpaired) electrons. The van der Waals surface area contributed by atoms with Crippen LogP contribution in [-0.2, 0) is 26.2 Å². The van der Waals surface area contributed by atoms with Crippen LogP contribution in [0.2, 0.25) is 0 Å². The fraction of sp³-hybridized carbons (Fsp3) is 0.536. The minimum absolute atomic E-state index is 0.0689. The van der Waals surface area contributed by atoms with Crippen molar-refractivity contribution in [3.05, 3.63) is 70.3 Å². The number of nitrogens with one attached hydrogen (secondary N) is 1. The molecule has 1 aliphatic heterocycles. The molecule has 2 aromatic carbocycles. The molecule has 1 aliphatic carbocycles. The Morgan fingerprint density at radius 1 is 1.09 bits per heavy atom. The van der Waals surface area contributed by atoms with Gasteiger partial charge in [-0.15, -0.1) is 0 Å². The number of likely N-dealkylation sites (tertiary alicyclic amines) is 1. The Hall–Kier alpha value is -2.21. The van der Waals surface area contributed by atoms with Gasteiger partial charge in [0.25, 0.3) is 0 Å². The van der Waals surface area contributed by atoms with Crippen LogP contribution in [0.15, 0.2) is 42.5 Å². The van der Waals surface area contributed by atoms with Crippen molar-refractivity contribution in [3.63, 3.8) is 0 Å². The number of hydrogen-bond donors (Lipinski definition) is 1. The number of aryl methyl sites for hydroxylation is 2. The van der Waals surface area contributed by atoms with E-state index in [1.807, 2.05) is 6.92 Å². The number of benzene rings is 2. The first-order valence-electron chi connectivity index (χ1n) is 12.3. The largest absolute Gasteiger partial charge is 0.382 e. The lowest BCUT2D eigenvalue weighted by atomic mass is 9.71. The summed E-state index contributed by atoms with van der Waals surface area (Å²) in [4.78, 5) is 15.0. The Morgan fingerprint density at radius 3 is 2.55 bits per heavy atom. The zero-order valence-electron chi connectivity index (χ0n) is 20.5. The van der Waals surface area contributed by atoms with Gasteiger partial charge in [0.2, 0.25) is 5.91 Å². The molecule has 0 unspecified atom stereocenters. The SMILES string of the molecule is CCC(=O)N[C@@H]1c2ccccc2C2(CCN(Cc3ccc(C)c(C)c3)CC2)[C@H]1OCCOC. The molecule has 0 saturated carbocycles. The summed E-state index contributed by atoms with van der Waals surface area (Å²) in [5, 5.41) is 3.28. The Labute approximate surface area is 198 Å². The van der Waals surface area contributed by atoms with E-state index in [0.29, 0.717) is 19.6 Å². The number of nitrogens with zero attached hydrogens (tertiary/aromatic N) is 1. The van der Waals surface area contributed by atoms with E-state index in [4.69, 9.17) is 9.47 Å². The highest BCUT2D eigenvalue weighted by Crippen LogP contribution is 2.52. The maximum absolute atomic E-state index is 12.4. The van der Waals surface area contributed by atoms with Crippen molar-refractivity contribution in [2.45, 2.75) is 64.1 Å². The number of ether oxygens (including phenoxy) is 2. The van der Waals surface area contributed by atoms with Gasteiger partial charge in [0.15, 0.2) is 0 Å². The van der Waals surface area contributed by atoms with Gasteiger partial charge in [0.05, 0.1) is 25.4 Å². The molecule has 5 nitrogen and oxygen atoms in total. The lowest BCUT2D eigenvalue weighted by Gasteiger charge is -2.44. The fourth-order valence-electron chi connectivity index (χ4n) is 5.62. The van der Waals surface area contributed by atoms with Gasteiger partial charge in [-0.25, -0.2) is 0 Å². The van der Waals surface area contributed by atoms with E-state index >= 15 is 0 Å². The maximum Gasteiger partial charge on any atom is 0.220 e. The molecule has 5 heteroatoms. The molecular weight excluding hydrogens is 412 g/mol. The second-order valence-electron chi connectivity index (χ2n) is 9.62. The van der Waals surface area contributed by atoms with Crippen LogP contribution in [0.4, 0.5) is 0 Å². The third-order valence-electron chi connectivity index (χ3n) is 7.63. The van der Waals surface area contributed by atoms with Crippen LogP contribution >= 0.6 is 0 Å². The average Bonchev–Trinajstić information content (AvgIpc) is 3.07. The first kappa shape index (κ1) is 23.9. The van der Waals surface area contributed by atoms with Gasteiger partial charge in [-0.1, -0.05) is 49.4 Å². The van der Waals surface area contributed by atoms with Crippen molar-refractivity contribution < 1.29 is 14.3 Å². The summed E-state index contributed by atoms with van der Waals surface area (Å²) < 4.78 is 11.8. The van der Waals surface area contributed by atoms with E-state index in [0.717, 1.165) is 32.5 Å². The Morgan fingerprint density at radius 2 is 1.85 bits per heavy atom. The van der Waals surface area contributed by atoms with Gasteiger partial charge >= 0.3 is 0 Å². The first-order valence-corrected chi connectivity index (χ1v) is 12.3. The highest BCUT2D eigenvalue weighted by Gasteiger charge is 2.54. The molecule has 1 fully saturated rings. The summed E-state index contributed by atoms with van der Waals surface area (Å²) in [7, 11) is 1.70. The number of amides is 1. The van der Waals surface area contributed by atoms with Crippen LogP contribution in [0, 0.1) is 13.8 Å². The van der Waals surface area contributed by atoms with Crippen LogP contribution in [0.25, 0.3) is 0 Å². The van der Waals surface area contributed by atoms with E-state index in [-0.39, 0.29) is 23.5 Å². The van der Waals surface area contributed by atoms with Gasteiger partial charge in [-0.2, -0.15) is 0 Å². The van der Waals surface area contributed by atoms with E-state index in [9.17, 15) is 4.79 Å². The predicted octanol–water partition coefficient (Wildman–Crippen LogP) is 4.45. The average molecular weight is 451 g/mol. The molecular formula is C28H38N2O3. The number of carbonyl (C=O) groups excluding carboxylic acids is 1. The molecule has 2 aromatic rings. The second kappa shape index (κ2) is 10.4. The number of rotatable bonds is 8. The van der Waals surface area contributed by atoms with Gasteiger partial charge in [0.1, 0.15) is 0 Å². The summed E-state index contributed by atoms with van der Waals surface area (Å²) in [6.07, 6.45) is 2.43. The number of piperidine rings is 1. The Balaban J connectivity index is 1.57. The van der Waals surface area contributed by atoms with Crippen LogP contribution in [-0.4, -0.2) is 50.3 Å². The highest BCUT2D eigenvalue weighted by atomic mass is 16.5. The van der Waals surface area contributed by atoms with E-state index in [1.165, 1.54) is 27.8 Å². The van der Waals surface area contributed by atoms with Crippen LogP contribution < -0.4 is 5.32 Å². The molecule has 1 saturated heterocycles. The smallest absolute Gasteiger partial charge is 0.220 e. The van der Waals surface area contributed by atoms with Crippen molar-refractivity contribution >= 4 is 5.91 Å². The predicted molar refractivity (Wildman–Crippen MR) is 131 cm³/mol. The standard InChI is InChI=1S/C28H38N2O3/c1-5-25(31)29-26-23-8-6-7-9-24(23)28(27(26)33-17-16-32-4)12-14-30(15-13-28)19-22-11-10-20(2)21(3)18-22/h6-11,18,26-27H,5,12-17,19H2,1-4H3,(H,29,31)/t26-,27+/m1/s1. The number of hydrogen-bond acceptors (Lipinski definition) is 4. The summed E-state index contributed by atoms with van der Waals surface area (Å²) in [6, 6.07) is 15.3. The van der Waals surface area contributed by atoms with Gasteiger partial charge < -0.3 is 14.8 Å². The second-order valence-corrected chi connectivity index (χ2v) is 9.62. The topological polar surface area (TPSA) is 50.8 Å². The van der Waals surface area contributed by atoms with Gasteiger partial charge in [0, 0.05) is 25.5 Å². The molecule has 0 bridgehead atoms. The van der Waals surface area contributed by atoms with E-state index in [2.05, 4.69) is 66.5 Å². The monoisotopic (exact) mass is 450 g/mol. The normalized spacial score (nSPS) is 21.8. The van der Waals surface area contributed by atoms with Crippen molar-refractivity contribution in [1.29, 1.82) is 0 Å². The molecule has 1 heterocycles. The third-order valence-corrected chi connectivity index (χ3v) is 7.63. The lowest BCUT2D eigenvalue weighted by Crippen LogP contribution is -2.51. The minimum Gasteiger partial charge on any atom is -0.382 e. The van der Waals surface area contributed by atoms with Crippen LogP contribution in [0.3, 0.4) is 0 Å². The van der Waals surface area contributed by atoms with Crippen molar-refractivity contribution in [2.24, 2.45) is 0 Å². The molecule has 1 spiro atoms. The van der Waals surface area contributed by atoms with Crippen molar-refractivity contribution in [2.75, 3.05) is 33.4 Å². The van der Waals surface area contributed by atoms with Crippen LogP contribution in [0.1, 0.15) is 60.0 Å². The third kappa shape index (κ3) is 4.86. The fourth-order valence-corrected chi connectivity index (χ4v) is 5.62. The molecule has 2 aliphatic rings. The van der Waals surface area contributed by atoms with Crippen molar-refractivity contribution in [1.82, 2.24) is 10.2 Å². The summed E-state index contributed by atoms with van der Waals surface area (Å²) in [6.45, 7) is 10.3. The van der Waals surface area contributed by atoms with Gasteiger partial charge in [-0.05, 0) is 67.6 Å². The van der Waals surface area contributed by atoms with Crippen LogP contribution in [0.5, 0.6) is 0 Å². The molecule has 33 heavy (non-hydrogen) atoms. The van der Waals surface area contributed by atoms with E-state index in [1.54, 1.807) is 7.11 Å². The number of methoxy groups -OCH3 is 1. The Bertz CT molecular complexity index is 965. The molecule has 0 aromatic heterocycles. The zero-order valence-corrected chi connectivity index (χ0v) is 20.5. The van der Waals surface area contributed by atoms with Crippen molar-refractivity contribution in [3.8, 4) is 0 Å². The molecule has 1 amide bonds. The quantitative estimate of drug-likeness (QED) is 0.604. The zero-order chi connectivity index (χ0) is 23.4. The molecule has 1 N–H and O–H groups in total. The van der Waals surface area contributed by atoms with E-state index < -0.39 is 0 Å². The summed E-state index contributed by atoms with van der Waals surface area (Å²) >= 11 is 0. The highest BCUT2D eigenvalue weighted by molar-refractivity contribution is 5.76. The number of carbonyl (C=O) groups is 1. The maximum atomic E-state index is 12.4. The summed E-state index contributed by atoms with van der Waals surface area (Å²) in [5.74, 6) is 0.0689. The lowest BCUT2D eigenvalue weighted by molar-refractivity contribution is -0.124.